The summed E-state index contributed by atoms with van der Waals surface area (Å²) in [5, 5.41) is 27.6. The van der Waals surface area contributed by atoms with Crippen LogP contribution in [0.4, 0.5) is 0 Å². The van der Waals surface area contributed by atoms with Crippen molar-refractivity contribution < 1.29 is 38.8 Å². The Balaban J connectivity index is 1.67. The van der Waals surface area contributed by atoms with E-state index < -0.39 is 79.3 Å². The summed E-state index contributed by atoms with van der Waals surface area (Å²) < 4.78 is 0. The molecule has 0 saturated carbocycles. The van der Waals surface area contributed by atoms with Crippen molar-refractivity contribution in [2.75, 3.05) is 13.1 Å². The summed E-state index contributed by atoms with van der Waals surface area (Å²) in [5.41, 5.74) is 25.7. The number of hydrogen-bond donors (Lipinski definition) is 10. The van der Waals surface area contributed by atoms with E-state index in [0.29, 0.717) is 31.4 Å². The zero-order valence-electron chi connectivity index (χ0n) is 30.0. The van der Waals surface area contributed by atoms with Crippen LogP contribution in [-0.2, 0) is 30.4 Å². The minimum absolute atomic E-state index is 0.214. The number of carbonyl (C=O) groups excluding carboxylic acids is 6. The van der Waals surface area contributed by atoms with Gasteiger partial charge in [0, 0.05) is 12.1 Å². The molecule has 1 unspecified atom stereocenters. The van der Waals surface area contributed by atoms with E-state index in [-0.39, 0.29) is 19.4 Å². The molecule has 1 aliphatic heterocycles. The molecule has 17 nitrogen and oxygen atoms in total. The summed E-state index contributed by atoms with van der Waals surface area (Å²) in [5.74, 6) is -4.80. The number of primary amides is 1. The standard InChI is InChI=1S/C35H52BN9O8/c1-2-3-7-21-10-12-22(13-11-21)23-14-16-24(17-15-23)30(47)41-25(8-4-5-18-37)34(51)45-19-6-9-27(45)32(49)43-29(39)33(50)42-26(20-28(38)46)31(48)44-35(40)36(52)53/h10-17,25-27,29,35,52-53H,2-9,18-20,37,39-40H2,1H3,(H2,38,46)(H,41,47)(H,42,50)(H,43,49)(H,44,48)/t25-,26?,27-,29+,35+/m0/s1. The maximum atomic E-state index is 13.9. The molecule has 14 N–H and O–H groups in total. The first-order valence-electron chi connectivity index (χ1n) is 17.8. The van der Waals surface area contributed by atoms with Gasteiger partial charge in [0.25, 0.3) is 11.8 Å². The van der Waals surface area contributed by atoms with Crippen LogP contribution in [0.15, 0.2) is 48.5 Å². The predicted octanol–water partition coefficient (Wildman–Crippen LogP) is -1.91. The Morgan fingerprint density at radius 2 is 1.49 bits per heavy atom. The smallest absolute Gasteiger partial charge is 0.425 e. The number of carbonyl (C=O) groups is 6. The lowest BCUT2D eigenvalue weighted by Crippen LogP contribution is -2.62. The fraction of sp³-hybridized carbons (Fsp3) is 0.486. The van der Waals surface area contributed by atoms with Crippen molar-refractivity contribution in [3.8, 4) is 11.1 Å². The lowest BCUT2D eigenvalue weighted by Gasteiger charge is -2.29. The van der Waals surface area contributed by atoms with Crippen LogP contribution in [0.2, 0.25) is 0 Å². The number of nitrogens with zero attached hydrogens (tertiary/aromatic N) is 1. The van der Waals surface area contributed by atoms with Crippen LogP contribution >= 0.6 is 0 Å². The SMILES string of the molecule is CCCCc1ccc(-c2ccc(C(=O)N[C@@H](CCCCN)C(=O)N3CCC[C@H]3C(=O)N[C@@H](N)C(=O)NC(CC(N)=O)C(=O)N[C@@H](N)B(O)O)cc2)cc1. The highest BCUT2D eigenvalue weighted by molar-refractivity contribution is 6.43. The lowest BCUT2D eigenvalue weighted by molar-refractivity contribution is -0.141. The van der Waals surface area contributed by atoms with Gasteiger partial charge in [0.05, 0.1) is 6.42 Å². The average molecular weight is 738 g/mol. The first kappa shape index (κ1) is 42.5. The molecule has 0 bridgehead atoms. The fourth-order valence-corrected chi connectivity index (χ4v) is 5.88. The molecule has 6 amide bonds. The van der Waals surface area contributed by atoms with Gasteiger partial charge in [0.15, 0.2) is 6.17 Å². The summed E-state index contributed by atoms with van der Waals surface area (Å²) in [4.78, 5) is 78.8. The van der Waals surface area contributed by atoms with Gasteiger partial charge in [0.1, 0.15) is 24.2 Å². The van der Waals surface area contributed by atoms with Crippen molar-refractivity contribution in [2.24, 2.45) is 22.9 Å². The van der Waals surface area contributed by atoms with Crippen molar-refractivity contribution in [1.29, 1.82) is 0 Å². The van der Waals surface area contributed by atoms with Crippen LogP contribution < -0.4 is 44.2 Å². The van der Waals surface area contributed by atoms with Crippen LogP contribution in [0.1, 0.15) is 74.2 Å². The molecule has 1 saturated heterocycles. The average Bonchev–Trinajstić information content (AvgIpc) is 3.63. The number of rotatable bonds is 20. The fourth-order valence-electron chi connectivity index (χ4n) is 5.88. The summed E-state index contributed by atoms with van der Waals surface area (Å²) >= 11 is 0. The number of hydrogen-bond acceptors (Lipinski definition) is 11. The molecule has 1 heterocycles. The molecule has 18 heteroatoms. The zero-order valence-corrected chi connectivity index (χ0v) is 30.0. The maximum Gasteiger partial charge on any atom is 0.490 e. The van der Waals surface area contributed by atoms with Crippen molar-refractivity contribution in [3.05, 3.63) is 59.7 Å². The third-order valence-corrected chi connectivity index (χ3v) is 8.89. The van der Waals surface area contributed by atoms with Crippen LogP contribution in [-0.4, -0.2) is 101 Å². The maximum absolute atomic E-state index is 13.9. The summed E-state index contributed by atoms with van der Waals surface area (Å²) in [6.07, 6.45) is 3.01. The van der Waals surface area contributed by atoms with Crippen molar-refractivity contribution in [3.63, 3.8) is 0 Å². The van der Waals surface area contributed by atoms with E-state index in [1.807, 2.05) is 17.4 Å². The highest BCUT2D eigenvalue weighted by Crippen LogP contribution is 2.23. The van der Waals surface area contributed by atoms with Crippen LogP contribution in [0.5, 0.6) is 0 Å². The van der Waals surface area contributed by atoms with E-state index in [0.717, 1.165) is 30.4 Å². The normalized spacial score (nSPS) is 16.1. The lowest BCUT2D eigenvalue weighted by atomic mass is 9.86. The summed E-state index contributed by atoms with van der Waals surface area (Å²) in [7, 11) is -2.13. The Bertz CT molecular complexity index is 1560. The van der Waals surface area contributed by atoms with E-state index in [4.69, 9.17) is 33.0 Å². The van der Waals surface area contributed by atoms with E-state index >= 15 is 0 Å². The molecular formula is C35H52BN9O8. The van der Waals surface area contributed by atoms with Gasteiger partial charge in [-0.15, -0.1) is 0 Å². The molecule has 2 aromatic carbocycles. The van der Waals surface area contributed by atoms with E-state index in [1.54, 1.807) is 12.1 Å². The number of unbranched alkanes of at least 4 members (excludes halogenated alkanes) is 2. The number of aryl methyl sites for hydroxylation is 1. The molecule has 0 spiro atoms. The second-order valence-electron chi connectivity index (χ2n) is 13.0. The third-order valence-electron chi connectivity index (χ3n) is 8.89. The summed E-state index contributed by atoms with van der Waals surface area (Å²) in [6, 6.07) is 10.2. The van der Waals surface area contributed by atoms with Gasteiger partial charge in [-0.05, 0) is 80.3 Å². The number of nitrogens with two attached hydrogens (primary N) is 4. The van der Waals surface area contributed by atoms with E-state index in [2.05, 4.69) is 47.1 Å². The summed E-state index contributed by atoms with van der Waals surface area (Å²) in [6.45, 7) is 2.76. The van der Waals surface area contributed by atoms with Crippen molar-refractivity contribution >= 4 is 42.6 Å². The van der Waals surface area contributed by atoms with Crippen molar-refractivity contribution in [2.45, 2.75) is 95.1 Å². The number of likely N-dealkylation sites (tertiary alicyclic amines) is 1. The highest BCUT2D eigenvalue weighted by Gasteiger charge is 2.39. The molecule has 53 heavy (non-hydrogen) atoms. The van der Waals surface area contributed by atoms with Gasteiger partial charge in [-0.1, -0.05) is 49.7 Å². The second kappa shape index (κ2) is 21.0. The topological polar surface area (TPSA) is 298 Å². The highest BCUT2D eigenvalue weighted by atomic mass is 16.4. The van der Waals surface area contributed by atoms with Gasteiger partial charge in [-0.25, -0.2) is 0 Å². The van der Waals surface area contributed by atoms with Crippen LogP contribution in [0, 0.1) is 0 Å². The quantitative estimate of drug-likeness (QED) is 0.0406. The van der Waals surface area contributed by atoms with Crippen LogP contribution in [0.25, 0.3) is 11.1 Å². The Kier molecular flexibility index (Phi) is 16.8. The van der Waals surface area contributed by atoms with Gasteiger partial charge in [0.2, 0.25) is 23.6 Å². The first-order valence-corrected chi connectivity index (χ1v) is 17.8. The Morgan fingerprint density at radius 3 is 2.08 bits per heavy atom. The van der Waals surface area contributed by atoms with E-state index in [9.17, 15) is 28.8 Å². The number of amides is 6. The monoisotopic (exact) mass is 737 g/mol. The molecular weight excluding hydrogens is 685 g/mol. The molecule has 1 fully saturated rings. The first-order chi connectivity index (χ1) is 25.2. The van der Waals surface area contributed by atoms with Gasteiger partial charge in [-0.3, -0.25) is 28.8 Å². The predicted molar refractivity (Wildman–Crippen MR) is 198 cm³/mol. The molecule has 288 valence electrons. The van der Waals surface area contributed by atoms with Gasteiger partial charge < -0.3 is 59.1 Å². The van der Waals surface area contributed by atoms with Gasteiger partial charge >= 0.3 is 7.12 Å². The van der Waals surface area contributed by atoms with Crippen molar-refractivity contribution in [1.82, 2.24) is 26.2 Å². The van der Waals surface area contributed by atoms with Gasteiger partial charge in [-0.2, -0.15) is 0 Å². The molecule has 2 aromatic rings. The van der Waals surface area contributed by atoms with E-state index in [1.165, 1.54) is 10.5 Å². The molecule has 5 atom stereocenters. The number of nitrogens with one attached hydrogen (secondary N) is 4. The molecule has 0 aliphatic carbocycles. The largest absolute Gasteiger partial charge is 0.490 e. The Hall–Kier alpha value is -4.88. The second-order valence-corrected chi connectivity index (χ2v) is 13.0. The molecule has 1 aliphatic rings. The third kappa shape index (κ3) is 12.9. The minimum atomic E-state index is -2.13. The number of benzene rings is 2. The Morgan fingerprint density at radius 1 is 0.849 bits per heavy atom. The van der Waals surface area contributed by atoms with Crippen LogP contribution in [0.3, 0.4) is 0 Å². The zero-order chi connectivity index (χ0) is 39.1. The Labute approximate surface area is 309 Å². The minimum Gasteiger partial charge on any atom is -0.425 e. The molecule has 0 radical (unpaired) electrons. The molecule has 0 aromatic heterocycles. The molecule has 3 rings (SSSR count).